The number of benzene rings is 2. The maximum absolute atomic E-state index is 13.4. The molecule has 0 bridgehead atoms. The van der Waals surface area contributed by atoms with Crippen molar-refractivity contribution in [1.29, 1.82) is 0 Å². The lowest BCUT2D eigenvalue weighted by Gasteiger charge is -2.42. The highest BCUT2D eigenvalue weighted by Crippen LogP contribution is 2.50. The van der Waals surface area contributed by atoms with Crippen LogP contribution in [0.25, 0.3) is 0 Å². The summed E-state index contributed by atoms with van der Waals surface area (Å²) >= 11 is 3.48. The molecule has 3 aliphatic rings. The van der Waals surface area contributed by atoms with Crippen molar-refractivity contribution in [3.05, 3.63) is 92.8 Å². The summed E-state index contributed by atoms with van der Waals surface area (Å²) in [5, 5.41) is 0. The smallest absolute Gasteiger partial charge is 0.165 e. The average molecular weight is 577 g/mol. The van der Waals surface area contributed by atoms with Gasteiger partial charge in [-0.05, 0) is 68.4 Å². The van der Waals surface area contributed by atoms with Gasteiger partial charge >= 0.3 is 0 Å². The fourth-order valence-electron chi connectivity index (χ4n) is 6.01. The fourth-order valence-corrected chi connectivity index (χ4v) is 6.27. The SMILES string of the molecule is C=CCc1cc(C2C3=C(CCCC3=O)N(C)C3=C2C(=O)CCC3)cc(OCC)c1OCc1ccc(Br)cc1. The molecule has 2 aromatic rings. The molecule has 0 N–H and O–H groups in total. The molecule has 0 radical (unpaired) electrons. The Kier molecular flexibility index (Phi) is 7.89. The van der Waals surface area contributed by atoms with Gasteiger partial charge in [-0.3, -0.25) is 9.59 Å². The van der Waals surface area contributed by atoms with Crippen molar-refractivity contribution < 1.29 is 19.1 Å². The molecule has 38 heavy (non-hydrogen) atoms. The number of ether oxygens (including phenoxy) is 2. The Morgan fingerprint density at radius 2 is 1.61 bits per heavy atom. The van der Waals surface area contributed by atoms with Crippen LogP contribution in [0.5, 0.6) is 11.5 Å². The Morgan fingerprint density at radius 3 is 2.18 bits per heavy atom. The van der Waals surface area contributed by atoms with E-state index in [1.807, 2.05) is 50.4 Å². The Bertz CT molecular complexity index is 1290. The van der Waals surface area contributed by atoms with E-state index in [9.17, 15) is 9.59 Å². The van der Waals surface area contributed by atoms with Gasteiger partial charge in [-0.2, -0.15) is 0 Å². The molecule has 0 spiro atoms. The van der Waals surface area contributed by atoms with Crippen LogP contribution in [-0.2, 0) is 22.6 Å². The predicted octanol–water partition coefficient (Wildman–Crippen LogP) is 7.20. The van der Waals surface area contributed by atoms with Crippen LogP contribution in [0.15, 0.2) is 76.1 Å². The Balaban J connectivity index is 1.64. The highest BCUT2D eigenvalue weighted by Gasteiger charge is 2.42. The van der Waals surface area contributed by atoms with Crippen molar-refractivity contribution in [2.75, 3.05) is 13.7 Å². The summed E-state index contributed by atoms with van der Waals surface area (Å²) in [6.07, 6.45) is 6.87. The zero-order valence-electron chi connectivity index (χ0n) is 22.1. The van der Waals surface area contributed by atoms with E-state index in [2.05, 4.69) is 33.5 Å². The van der Waals surface area contributed by atoms with Crippen LogP contribution < -0.4 is 9.47 Å². The van der Waals surface area contributed by atoms with Gasteiger partial charge in [0.1, 0.15) is 6.61 Å². The molecule has 0 fully saturated rings. The van der Waals surface area contributed by atoms with E-state index >= 15 is 0 Å². The standard InChI is InChI=1S/C32H34BrNO4/c1-4-8-21-17-22(18-28(37-5-2)32(21)38-19-20-13-15-23(33)16-14-20)29-30-24(9-6-11-26(30)35)34(3)25-10-7-12-27(36)31(25)29/h4,13-18,29H,1,5-12,19H2,2-3H3. The molecule has 1 aliphatic heterocycles. The lowest BCUT2D eigenvalue weighted by molar-refractivity contribution is -0.117. The molecule has 0 unspecified atom stereocenters. The Morgan fingerprint density at radius 1 is 0.974 bits per heavy atom. The van der Waals surface area contributed by atoms with Crippen LogP contribution in [0.1, 0.15) is 68.1 Å². The van der Waals surface area contributed by atoms with Crippen molar-refractivity contribution in [2.45, 2.75) is 64.4 Å². The summed E-state index contributed by atoms with van der Waals surface area (Å²) in [7, 11) is 2.02. The third kappa shape index (κ3) is 4.98. The average Bonchev–Trinajstić information content (AvgIpc) is 2.90. The Labute approximate surface area is 233 Å². The van der Waals surface area contributed by atoms with Crippen LogP contribution in [0, 0.1) is 0 Å². The van der Waals surface area contributed by atoms with Crippen molar-refractivity contribution in [3.63, 3.8) is 0 Å². The molecule has 0 saturated carbocycles. The van der Waals surface area contributed by atoms with Crippen LogP contribution >= 0.6 is 15.9 Å². The van der Waals surface area contributed by atoms with Crippen LogP contribution in [0.2, 0.25) is 0 Å². The lowest BCUT2D eigenvalue weighted by Crippen LogP contribution is -2.37. The first-order valence-corrected chi connectivity index (χ1v) is 14.3. The molecule has 0 saturated heterocycles. The molecule has 0 aromatic heterocycles. The fraction of sp³-hybridized carbons (Fsp3) is 0.375. The molecule has 198 valence electrons. The summed E-state index contributed by atoms with van der Waals surface area (Å²) in [6, 6.07) is 12.1. The van der Waals surface area contributed by atoms with Gasteiger partial charge < -0.3 is 14.4 Å². The van der Waals surface area contributed by atoms with Gasteiger partial charge in [0.05, 0.1) is 6.61 Å². The van der Waals surface area contributed by atoms with E-state index in [4.69, 9.17) is 9.47 Å². The molecular formula is C32H34BrNO4. The maximum Gasteiger partial charge on any atom is 0.165 e. The van der Waals surface area contributed by atoms with Crippen LogP contribution in [0.4, 0.5) is 0 Å². The van der Waals surface area contributed by atoms with Crippen LogP contribution in [0.3, 0.4) is 0 Å². The number of Topliss-reactive ketones (excluding diaryl/α,β-unsaturated/α-hetero) is 2. The number of allylic oxidation sites excluding steroid dienone is 5. The van der Waals surface area contributed by atoms with E-state index in [-0.39, 0.29) is 17.5 Å². The van der Waals surface area contributed by atoms with Gasteiger partial charge in [0.15, 0.2) is 23.1 Å². The summed E-state index contributed by atoms with van der Waals surface area (Å²) in [6.45, 7) is 6.79. The summed E-state index contributed by atoms with van der Waals surface area (Å²) in [5.41, 5.74) is 6.60. The van der Waals surface area contributed by atoms with E-state index in [1.54, 1.807) is 0 Å². The summed E-state index contributed by atoms with van der Waals surface area (Å²) < 4.78 is 13.5. The first-order valence-electron chi connectivity index (χ1n) is 13.5. The predicted molar refractivity (Wildman–Crippen MR) is 152 cm³/mol. The molecule has 2 aliphatic carbocycles. The normalized spacial score (nSPS) is 17.9. The zero-order chi connectivity index (χ0) is 26.8. The number of carbonyl (C=O) groups is 2. The van der Waals surface area contributed by atoms with Gasteiger partial charge in [0.2, 0.25) is 0 Å². The third-order valence-electron chi connectivity index (χ3n) is 7.69. The second kappa shape index (κ2) is 11.3. The molecular weight excluding hydrogens is 542 g/mol. The topological polar surface area (TPSA) is 55.8 Å². The zero-order valence-corrected chi connectivity index (χ0v) is 23.7. The summed E-state index contributed by atoms with van der Waals surface area (Å²) in [5.74, 6) is 1.23. The minimum atomic E-state index is -0.375. The number of halogens is 1. The monoisotopic (exact) mass is 575 g/mol. The molecule has 1 heterocycles. The van der Waals surface area contributed by atoms with Crippen molar-refractivity contribution in [2.24, 2.45) is 0 Å². The number of carbonyl (C=O) groups excluding carboxylic acids is 2. The molecule has 5 rings (SSSR count). The molecule has 2 aromatic carbocycles. The molecule has 6 heteroatoms. The highest BCUT2D eigenvalue weighted by atomic mass is 79.9. The minimum absolute atomic E-state index is 0.145. The highest BCUT2D eigenvalue weighted by molar-refractivity contribution is 9.10. The number of rotatable bonds is 8. The second-order valence-corrected chi connectivity index (χ2v) is 11.0. The third-order valence-corrected chi connectivity index (χ3v) is 8.22. The maximum atomic E-state index is 13.4. The van der Waals surface area contributed by atoms with E-state index in [1.165, 1.54) is 0 Å². The number of ketones is 2. The largest absolute Gasteiger partial charge is 0.490 e. The van der Waals surface area contributed by atoms with Crippen molar-refractivity contribution in [1.82, 2.24) is 4.90 Å². The van der Waals surface area contributed by atoms with Gasteiger partial charge in [-0.15, -0.1) is 6.58 Å². The van der Waals surface area contributed by atoms with Gasteiger partial charge in [0.25, 0.3) is 0 Å². The van der Waals surface area contributed by atoms with Gasteiger partial charge in [-0.25, -0.2) is 0 Å². The quantitative estimate of drug-likeness (QED) is 0.311. The van der Waals surface area contributed by atoms with Gasteiger partial charge in [0, 0.05) is 58.4 Å². The van der Waals surface area contributed by atoms with Gasteiger partial charge in [-0.1, -0.05) is 40.2 Å². The molecule has 0 amide bonds. The number of hydrogen-bond donors (Lipinski definition) is 0. The summed E-state index contributed by atoms with van der Waals surface area (Å²) in [4.78, 5) is 29.0. The number of hydrogen-bond acceptors (Lipinski definition) is 5. The lowest BCUT2D eigenvalue weighted by atomic mass is 9.71. The van der Waals surface area contributed by atoms with Crippen molar-refractivity contribution >= 4 is 27.5 Å². The van der Waals surface area contributed by atoms with E-state index in [0.29, 0.717) is 44.0 Å². The Hall–Kier alpha value is -3.12. The molecule has 0 atom stereocenters. The second-order valence-electron chi connectivity index (χ2n) is 10.1. The van der Waals surface area contributed by atoms with Crippen LogP contribution in [-0.4, -0.2) is 30.1 Å². The minimum Gasteiger partial charge on any atom is -0.490 e. The number of nitrogens with zero attached hydrogens (tertiary/aromatic N) is 1. The van der Waals surface area contributed by atoms with E-state index < -0.39 is 0 Å². The molecule has 5 nitrogen and oxygen atoms in total. The first kappa shape index (κ1) is 26.5. The van der Waals surface area contributed by atoms with Crippen molar-refractivity contribution in [3.8, 4) is 11.5 Å². The first-order chi connectivity index (χ1) is 18.4. The van der Waals surface area contributed by atoms with E-state index in [0.717, 1.165) is 69.4 Å².